The largest absolute Gasteiger partial charge is 0.379 e. The number of morpholine rings is 1. The zero-order valence-corrected chi connectivity index (χ0v) is 12.3. The molecule has 2 heterocycles. The van der Waals surface area contributed by atoms with Crippen molar-refractivity contribution in [2.24, 2.45) is 5.10 Å². The van der Waals surface area contributed by atoms with Crippen LogP contribution >= 0.6 is 23.6 Å². The number of nitrogens with one attached hydrogen (secondary N) is 2. The molecule has 0 amide bonds. The van der Waals surface area contributed by atoms with Crippen molar-refractivity contribution < 1.29 is 4.74 Å². The van der Waals surface area contributed by atoms with Crippen molar-refractivity contribution >= 4 is 34.9 Å². The second-order valence-electron chi connectivity index (χ2n) is 4.10. The molecule has 5 nitrogen and oxygen atoms in total. The van der Waals surface area contributed by atoms with Gasteiger partial charge in [-0.25, -0.2) is 0 Å². The van der Waals surface area contributed by atoms with Gasteiger partial charge in [0.05, 0.1) is 19.4 Å². The first kappa shape index (κ1) is 14.4. The van der Waals surface area contributed by atoms with Gasteiger partial charge in [0.25, 0.3) is 0 Å². The van der Waals surface area contributed by atoms with Crippen molar-refractivity contribution in [3.05, 3.63) is 22.4 Å². The molecular weight excluding hydrogens is 280 g/mol. The molecule has 2 rings (SSSR count). The maximum atomic E-state index is 5.30. The Labute approximate surface area is 122 Å². The summed E-state index contributed by atoms with van der Waals surface area (Å²) in [5.74, 6) is 0. The molecule has 0 aliphatic carbocycles. The highest BCUT2D eigenvalue weighted by molar-refractivity contribution is 7.80. The van der Waals surface area contributed by atoms with E-state index in [9.17, 15) is 0 Å². The van der Waals surface area contributed by atoms with E-state index in [0.29, 0.717) is 5.11 Å². The fraction of sp³-hybridized carbons (Fsp3) is 0.500. The second-order valence-corrected chi connectivity index (χ2v) is 5.48. The molecule has 7 heteroatoms. The van der Waals surface area contributed by atoms with Crippen LogP contribution in [0.4, 0.5) is 0 Å². The Hall–Kier alpha value is -1.02. The molecule has 19 heavy (non-hydrogen) atoms. The van der Waals surface area contributed by atoms with Crippen molar-refractivity contribution in [2.45, 2.75) is 0 Å². The zero-order valence-electron chi connectivity index (χ0n) is 10.7. The Bertz CT molecular complexity index is 402. The summed E-state index contributed by atoms with van der Waals surface area (Å²) >= 11 is 6.78. The quantitative estimate of drug-likeness (QED) is 0.480. The highest BCUT2D eigenvalue weighted by Gasteiger charge is 2.09. The Morgan fingerprint density at radius 2 is 2.37 bits per heavy atom. The van der Waals surface area contributed by atoms with E-state index < -0.39 is 0 Å². The lowest BCUT2D eigenvalue weighted by atomic mass is 10.4. The number of hydrazone groups is 1. The molecule has 1 aromatic heterocycles. The minimum atomic E-state index is 0.557. The molecule has 0 atom stereocenters. The average molecular weight is 298 g/mol. The number of hydrogen-bond donors (Lipinski definition) is 2. The van der Waals surface area contributed by atoms with Crippen molar-refractivity contribution in [1.82, 2.24) is 15.6 Å². The zero-order chi connectivity index (χ0) is 13.3. The smallest absolute Gasteiger partial charge is 0.187 e. The maximum Gasteiger partial charge on any atom is 0.187 e. The van der Waals surface area contributed by atoms with Crippen LogP contribution in [0.2, 0.25) is 0 Å². The van der Waals surface area contributed by atoms with Crippen LogP contribution in [-0.2, 0) is 4.74 Å². The molecule has 0 radical (unpaired) electrons. The lowest BCUT2D eigenvalue weighted by Gasteiger charge is -2.26. The predicted octanol–water partition coefficient (Wildman–Crippen LogP) is 0.878. The minimum absolute atomic E-state index is 0.557. The van der Waals surface area contributed by atoms with Crippen molar-refractivity contribution in [1.29, 1.82) is 0 Å². The van der Waals surface area contributed by atoms with Crippen LogP contribution in [0.25, 0.3) is 0 Å². The predicted molar refractivity (Wildman–Crippen MR) is 82.9 cm³/mol. The Morgan fingerprint density at radius 3 is 3.11 bits per heavy atom. The summed E-state index contributed by atoms with van der Waals surface area (Å²) in [6.45, 7) is 5.44. The summed E-state index contributed by atoms with van der Waals surface area (Å²) in [5, 5.41) is 9.79. The monoisotopic (exact) mass is 298 g/mol. The number of hydrogen-bond acceptors (Lipinski definition) is 5. The molecular formula is C12H18N4OS2. The van der Waals surface area contributed by atoms with E-state index in [1.54, 1.807) is 17.6 Å². The average Bonchev–Trinajstić information content (AvgIpc) is 2.93. The van der Waals surface area contributed by atoms with Gasteiger partial charge < -0.3 is 10.1 Å². The summed E-state index contributed by atoms with van der Waals surface area (Å²) in [6.07, 6.45) is 1.76. The first-order chi connectivity index (χ1) is 9.34. The number of thiophene rings is 1. The van der Waals surface area contributed by atoms with Gasteiger partial charge in [0.2, 0.25) is 0 Å². The van der Waals surface area contributed by atoms with Crippen LogP contribution in [-0.4, -0.2) is 55.6 Å². The van der Waals surface area contributed by atoms with E-state index in [1.807, 2.05) is 17.5 Å². The fourth-order valence-corrected chi connectivity index (χ4v) is 2.45. The summed E-state index contributed by atoms with van der Waals surface area (Å²) in [5.41, 5.74) is 2.81. The number of ether oxygens (including phenoxy) is 1. The van der Waals surface area contributed by atoms with E-state index in [1.165, 1.54) is 0 Å². The molecule has 1 aliphatic heterocycles. The molecule has 0 spiro atoms. The topological polar surface area (TPSA) is 48.9 Å². The van der Waals surface area contributed by atoms with Crippen LogP contribution in [0.1, 0.15) is 4.88 Å². The SMILES string of the molecule is S=C(NCCN1CCOCC1)N/N=C\c1cccs1. The van der Waals surface area contributed by atoms with Gasteiger partial charge in [-0.15, -0.1) is 11.3 Å². The third kappa shape index (κ3) is 5.65. The fourth-order valence-electron chi connectivity index (χ4n) is 1.71. The molecule has 0 aromatic carbocycles. The standard InChI is InChI=1S/C12H18N4OS2/c18-12(15-14-10-11-2-1-9-19-11)13-3-4-16-5-7-17-8-6-16/h1-2,9-10H,3-8H2,(H2,13,15,18)/b14-10-. The van der Waals surface area contributed by atoms with Gasteiger partial charge in [0.1, 0.15) is 0 Å². The lowest BCUT2D eigenvalue weighted by molar-refractivity contribution is 0.0389. The minimum Gasteiger partial charge on any atom is -0.379 e. The third-order valence-corrected chi connectivity index (χ3v) is 3.76. The lowest BCUT2D eigenvalue weighted by Crippen LogP contribution is -2.42. The molecule has 1 saturated heterocycles. The van der Waals surface area contributed by atoms with E-state index >= 15 is 0 Å². The van der Waals surface area contributed by atoms with Crippen molar-refractivity contribution in [2.75, 3.05) is 39.4 Å². The molecule has 0 unspecified atom stereocenters. The number of rotatable bonds is 5. The maximum absolute atomic E-state index is 5.30. The second kappa shape index (κ2) is 8.21. The first-order valence-corrected chi connectivity index (χ1v) is 7.54. The number of nitrogens with zero attached hydrogens (tertiary/aromatic N) is 2. The summed E-state index contributed by atoms with van der Waals surface area (Å²) in [6, 6.07) is 4.00. The van der Waals surface area contributed by atoms with E-state index in [4.69, 9.17) is 17.0 Å². The molecule has 104 valence electrons. The van der Waals surface area contributed by atoms with Crippen LogP contribution in [0.5, 0.6) is 0 Å². The highest BCUT2D eigenvalue weighted by atomic mass is 32.1. The highest BCUT2D eigenvalue weighted by Crippen LogP contribution is 2.03. The van der Waals surface area contributed by atoms with Crippen LogP contribution in [0, 0.1) is 0 Å². The Balaban J connectivity index is 1.56. The van der Waals surface area contributed by atoms with Gasteiger partial charge in [-0.05, 0) is 23.7 Å². The van der Waals surface area contributed by atoms with E-state index in [0.717, 1.165) is 44.3 Å². The first-order valence-electron chi connectivity index (χ1n) is 6.25. The molecule has 2 N–H and O–H groups in total. The Morgan fingerprint density at radius 1 is 1.53 bits per heavy atom. The molecule has 1 fully saturated rings. The van der Waals surface area contributed by atoms with Gasteiger partial charge >= 0.3 is 0 Å². The van der Waals surface area contributed by atoms with Crippen molar-refractivity contribution in [3.8, 4) is 0 Å². The van der Waals surface area contributed by atoms with Gasteiger partial charge in [-0.1, -0.05) is 6.07 Å². The van der Waals surface area contributed by atoms with Gasteiger partial charge in [-0.3, -0.25) is 10.3 Å². The third-order valence-electron chi connectivity index (χ3n) is 2.72. The van der Waals surface area contributed by atoms with E-state index in [2.05, 4.69) is 20.7 Å². The van der Waals surface area contributed by atoms with Crippen LogP contribution < -0.4 is 10.7 Å². The summed E-state index contributed by atoms with van der Waals surface area (Å²) in [7, 11) is 0. The van der Waals surface area contributed by atoms with Crippen LogP contribution in [0.3, 0.4) is 0 Å². The molecule has 0 saturated carbocycles. The summed E-state index contributed by atoms with van der Waals surface area (Å²) < 4.78 is 5.30. The van der Waals surface area contributed by atoms with Gasteiger partial charge in [-0.2, -0.15) is 5.10 Å². The van der Waals surface area contributed by atoms with Crippen molar-refractivity contribution in [3.63, 3.8) is 0 Å². The number of thiocarbonyl (C=S) groups is 1. The summed E-state index contributed by atoms with van der Waals surface area (Å²) in [4.78, 5) is 3.46. The van der Waals surface area contributed by atoms with E-state index in [-0.39, 0.29) is 0 Å². The normalized spacial score (nSPS) is 16.6. The van der Waals surface area contributed by atoms with Crippen LogP contribution in [0.15, 0.2) is 22.6 Å². The molecule has 1 aliphatic rings. The van der Waals surface area contributed by atoms with Gasteiger partial charge in [0.15, 0.2) is 5.11 Å². The molecule has 0 bridgehead atoms. The van der Waals surface area contributed by atoms with Gasteiger partial charge in [0, 0.05) is 31.1 Å². The molecule has 1 aromatic rings. The Kier molecular flexibility index (Phi) is 6.22.